The number of nitrogens with one attached hydrogen (secondary N) is 1. The molecule has 7 heteroatoms. The molecule has 1 aliphatic carbocycles. The first-order chi connectivity index (χ1) is 10.0. The minimum atomic E-state index is -0.257. The van der Waals surface area contributed by atoms with E-state index in [1.807, 2.05) is 0 Å². The number of nitrogens with zero attached hydrogens (tertiary/aromatic N) is 2. The summed E-state index contributed by atoms with van der Waals surface area (Å²) < 4.78 is 6.55. The zero-order valence-electron chi connectivity index (χ0n) is 12.5. The Labute approximate surface area is 123 Å². The van der Waals surface area contributed by atoms with Gasteiger partial charge in [0.05, 0.1) is 18.2 Å². The minimum absolute atomic E-state index is 0.0435. The summed E-state index contributed by atoms with van der Waals surface area (Å²) in [6.45, 7) is 2.22. The first-order valence-electron chi connectivity index (χ1n) is 7.27. The van der Waals surface area contributed by atoms with Crippen molar-refractivity contribution < 1.29 is 14.3 Å². The van der Waals surface area contributed by atoms with E-state index in [0.717, 1.165) is 25.7 Å². The van der Waals surface area contributed by atoms with Crippen molar-refractivity contribution in [2.24, 2.45) is 13.0 Å². The number of carbonyl (C=O) groups is 2. The molecule has 21 heavy (non-hydrogen) atoms. The van der Waals surface area contributed by atoms with E-state index in [2.05, 4.69) is 10.4 Å². The molecule has 0 aromatic carbocycles. The molecular formula is C14H22N4O3. The van der Waals surface area contributed by atoms with Crippen LogP contribution in [-0.4, -0.2) is 34.3 Å². The van der Waals surface area contributed by atoms with Crippen LogP contribution in [-0.2, 0) is 16.6 Å². The summed E-state index contributed by atoms with van der Waals surface area (Å²) in [5.74, 6) is -0.429. The Morgan fingerprint density at radius 3 is 2.62 bits per heavy atom. The van der Waals surface area contributed by atoms with Gasteiger partial charge in [-0.25, -0.2) is 0 Å². The number of anilines is 1. The smallest absolute Gasteiger partial charge is 0.308 e. The van der Waals surface area contributed by atoms with Crippen molar-refractivity contribution in [2.75, 3.05) is 12.3 Å². The van der Waals surface area contributed by atoms with E-state index >= 15 is 0 Å². The lowest BCUT2D eigenvalue weighted by molar-refractivity contribution is -0.149. The Morgan fingerprint density at radius 2 is 2.10 bits per heavy atom. The molecule has 0 unspecified atom stereocenters. The zero-order valence-corrected chi connectivity index (χ0v) is 12.5. The van der Waals surface area contributed by atoms with Crippen molar-refractivity contribution >= 4 is 17.6 Å². The van der Waals surface area contributed by atoms with Crippen molar-refractivity contribution in [1.82, 2.24) is 15.1 Å². The summed E-state index contributed by atoms with van der Waals surface area (Å²) in [5.41, 5.74) is 6.36. The minimum Gasteiger partial charge on any atom is -0.466 e. The molecule has 2 rings (SSSR count). The van der Waals surface area contributed by atoms with E-state index in [0.29, 0.717) is 12.3 Å². The quantitative estimate of drug-likeness (QED) is 0.802. The monoisotopic (exact) mass is 294 g/mol. The zero-order chi connectivity index (χ0) is 15.4. The maximum Gasteiger partial charge on any atom is 0.308 e. The van der Waals surface area contributed by atoms with Crippen LogP contribution in [0.2, 0.25) is 0 Å². The second-order valence-corrected chi connectivity index (χ2v) is 5.38. The number of aromatic nitrogens is 2. The normalized spacial score (nSPS) is 21.8. The number of hydrogen-bond acceptors (Lipinski definition) is 5. The molecule has 0 spiro atoms. The van der Waals surface area contributed by atoms with E-state index in [1.165, 1.54) is 4.68 Å². The molecule has 1 fully saturated rings. The van der Waals surface area contributed by atoms with Crippen LogP contribution in [0.4, 0.5) is 5.69 Å². The van der Waals surface area contributed by atoms with Gasteiger partial charge in [-0.3, -0.25) is 14.3 Å². The Morgan fingerprint density at radius 1 is 1.43 bits per heavy atom. The van der Waals surface area contributed by atoms with E-state index in [9.17, 15) is 9.59 Å². The highest BCUT2D eigenvalue weighted by Gasteiger charge is 2.28. The van der Waals surface area contributed by atoms with Crippen LogP contribution in [0, 0.1) is 5.92 Å². The highest BCUT2D eigenvalue weighted by molar-refractivity contribution is 5.97. The van der Waals surface area contributed by atoms with Gasteiger partial charge in [-0.2, -0.15) is 5.10 Å². The molecule has 1 aliphatic rings. The van der Waals surface area contributed by atoms with Crippen LogP contribution in [0.3, 0.4) is 0 Å². The van der Waals surface area contributed by atoms with E-state index in [1.54, 1.807) is 20.2 Å². The predicted octanol–water partition coefficient (Wildman–Crippen LogP) is 0.854. The molecular weight excluding hydrogens is 272 g/mol. The van der Waals surface area contributed by atoms with Crippen LogP contribution in [0.25, 0.3) is 0 Å². The number of aryl methyl sites for hydroxylation is 1. The molecule has 1 amide bonds. The topological polar surface area (TPSA) is 99.2 Å². The van der Waals surface area contributed by atoms with Crippen LogP contribution in [0.15, 0.2) is 6.20 Å². The molecule has 0 atom stereocenters. The average Bonchev–Trinajstić information content (AvgIpc) is 2.79. The Kier molecular flexibility index (Phi) is 4.82. The van der Waals surface area contributed by atoms with Crippen molar-refractivity contribution in [3.8, 4) is 0 Å². The molecule has 0 saturated heterocycles. The van der Waals surface area contributed by atoms with Crippen LogP contribution in [0.1, 0.15) is 43.1 Å². The van der Waals surface area contributed by atoms with Crippen LogP contribution < -0.4 is 11.1 Å². The maximum absolute atomic E-state index is 12.1. The molecule has 3 N–H and O–H groups in total. The Hall–Kier alpha value is -2.05. The third-order valence-corrected chi connectivity index (χ3v) is 3.75. The van der Waals surface area contributed by atoms with Gasteiger partial charge in [0.15, 0.2) is 5.69 Å². The Bertz CT molecular complexity index is 518. The maximum atomic E-state index is 12.1. The van der Waals surface area contributed by atoms with E-state index in [4.69, 9.17) is 10.5 Å². The number of hydrogen-bond donors (Lipinski definition) is 2. The molecule has 0 radical (unpaired) electrons. The second kappa shape index (κ2) is 6.60. The lowest BCUT2D eigenvalue weighted by atomic mass is 9.86. The van der Waals surface area contributed by atoms with E-state index in [-0.39, 0.29) is 29.5 Å². The fraction of sp³-hybridized carbons (Fsp3) is 0.643. The first-order valence-corrected chi connectivity index (χ1v) is 7.27. The lowest BCUT2D eigenvalue weighted by Crippen LogP contribution is -2.39. The first kappa shape index (κ1) is 15.3. The van der Waals surface area contributed by atoms with Gasteiger partial charge >= 0.3 is 5.97 Å². The standard InChI is InChI=1S/C14H22N4O3/c1-3-21-14(20)9-4-6-10(7-5-9)16-13(19)12-11(15)8-18(2)17-12/h8-10H,3-7,15H2,1-2H3,(H,16,19). The summed E-state index contributed by atoms with van der Waals surface area (Å²) >= 11 is 0. The van der Waals surface area contributed by atoms with Crippen molar-refractivity contribution in [2.45, 2.75) is 38.6 Å². The molecule has 1 aromatic rings. The number of ether oxygens (including phenoxy) is 1. The van der Waals surface area contributed by atoms with Crippen molar-refractivity contribution in [1.29, 1.82) is 0 Å². The summed E-state index contributed by atoms with van der Waals surface area (Å²) in [6.07, 6.45) is 4.61. The van der Waals surface area contributed by atoms with Gasteiger partial charge in [0.2, 0.25) is 0 Å². The van der Waals surface area contributed by atoms with Gasteiger partial charge in [0.25, 0.3) is 5.91 Å². The van der Waals surface area contributed by atoms with Gasteiger partial charge in [-0.15, -0.1) is 0 Å². The molecule has 7 nitrogen and oxygen atoms in total. The largest absolute Gasteiger partial charge is 0.466 e. The van der Waals surface area contributed by atoms with Crippen molar-refractivity contribution in [3.05, 3.63) is 11.9 Å². The molecule has 1 saturated carbocycles. The number of amides is 1. The molecule has 1 heterocycles. The van der Waals surface area contributed by atoms with Gasteiger partial charge in [0, 0.05) is 19.3 Å². The average molecular weight is 294 g/mol. The second-order valence-electron chi connectivity index (χ2n) is 5.38. The van der Waals surface area contributed by atoms with Crippen LogP contribution >= 0.6 is 0 Å². The summed E-state index contributed by atoms with van der Waals surface area (Å²) in [6, 6.07) is 0.0598. The third-order valence-electron chi connectivity index (χ3n) is 3.75. The molecule has 0 bridgehead atoms. The van der Waals surface area contributed by atoms with Crippen LogP contribution in [0.5, 0.6) is 0 Å². The van der Waals surface area contributed by atoms with E-state index < -0.39 is 0 Å². The molecule has 116 valence electrons. The fourth-order valence-electron chi connectivity index (χ4n) is 2.67. The fourth-order valence-corrected chi connectivity index (χ4v) is 2.67. The number of rotatable bonds is 4. The number of esters is 1. The van der Waals surface area contributed by atoms with Gasteiger partial charge in [-0.1, -0.05) is 0 Å². The number of nitrogens with two attached hydrogens (primary N) is 1. The highest BCUT2D eigenvalue weighted by atomic mass is 16.5. The van der Waals surface area contributed by atoms with Gasteiger partial charge < -0.3 is 15.8 Å². The lowest BCUT2D eigenvalue weighted by Gasteiger charge is -2.27. The van der Waals surface area contributed by atoms with Gasteiger partial charge in [0.1, 0.15) is 0 Å². The number of carbonyl (C=O) groups excluding carboxylic acids is 2. The summed E-state index contributed by atoms with van der Waals surface area (Å²) in [5, 5.41) is 6.98. The molecule has 1 aromatic heterocycles. The SMILES string of the molecule is CCOC(=O)C1CCC(NC(=O)c2nn(C)cc2N)CC1. The summed E-state index contributed by atoms with van der Waals surface area (Å²) in [4.78, 5) is 23.8. The summed E-state index contributed by atoms with van der Waals surface area (Å²) in [7, 11) is 1.72. The predicted molar refractivity (Wildman–Crippen MR) is 77.5 cm³/mol. The molecule has 0 aliphatic heterocycles. The highest BCUT2D eigenvalue weighted by Crippen LogP contribution is 2.25. The van der Waals surface area contributed by atoms with Crippen molar-refractivity contribution in [3.63, 3.8) is 0 Å². The Balaban J connectivity index is 1.85. The third kappa shape index (κ3) is 3.74. The number of nitrogen functional groups attached to an aromatic ring is 1. The van der Waals surface area contributed by atoms with Gasteiger partial charge in [-0.05, 0) is 32.6 Å².